The number of rotatable bonds is 4. The summed E-state index contributed by atoms with van der Waals surface area (Å²) in [7, 11) is 0. The summed E-state index contributed by atoms with van der Waals surface area (Å²) in [5.74, 6) is -0.881. The molecular weight excluding hydrogens is 369 g/mol. The van der Waals surface area contributed by atoms with Crippen LogP contribution in [-0.2, 0) is 0 Å². The van der Waals surface area contributed by atoms with Crippen LogP contribution < -0.4 is 10.9 Å². The Morgan fingerprint density at radius 3 is 2.28 bits per heavy atom. The van der Waals surface area contributed by atoms with Crippen LogP contribution in [0.2, 0.25) is 0 Å². The van der Waals surface area contributed by atoms with E-state index in [1.807, 2.05) is 6.07 Å². The molecule has 144 valence electrons. The standard InChI is InChI=1S/C23H18FN3O2/c1-15(17-11-7-8-14-20(17)24)25-22(28)21-18-12-5-6-13-19(18)23(29)27(26-21)16-9-3-2-4-10-16/h2-15H,1H3,(H,25,28)/t15-/m0/s1. The van der Waals surface area contributed by atoms with Crippen LogP contribution in [0.15, 0.2) is 83.7 Å². The fourth-order valence-corrected chi connectivity index (χ4v) is 3.27. The molecule has 4 aromatic rings. The van der Waals surface area contributed by atoms with Crippen molar-refractivity contribution in [1.82, 2.24) is 15.1 Å². The smallest absolute Gasteiger partial charge is 0.279 e. The molecule has 0 aliphatic heterocycles. The van der Waals surface area contributed by atoms with Gasteiger partial charge in [-0.05, 0) is 31.2 Å². The average Bonchev–Trinajstić information content (AvgIpc) is 2.75. The van der Waals surface area contributed by atoms with E-state index >= 15 is 0 Å². The lowest BCUT2D eigenvalue weighted by atomic mass is 10.1. The van der Waals surface area contributed by atoms with Gasteiger partial charge in [0.1, 0.15) is 5.82 Å². The lowest BCUT2D eigenvalue weighted by Gasteiger charge is -2.16. The quantitative estimate of drug-likeness (QED) is 0.575. The Labute approximate surface area is 166 Å². The van der Waals surface area contributed by atoms with Crippen molar-refractivity contribution in [3.8, 4) is 5.69 Å². The Hall–Kier alpha value is -3.80. The van der Waals surface area contributed by atoms with Crippen molar-refractivity contribution in [2.75, 3.05) is 0 Å². The summed E-state index contributed by atoms with van der Waals surface area (Å²) in [6.07, 6.45) is 0. The monoisotopic (exact) mass is 387 g/mol. The number of carbonyl (C=O) groups excluding carboxylic acids is 1. The highest BCUT2D eigenvalue weighted by Gasteiger charge is 2.20. The number of aromatic nitrogens is 2. The van der Waals surface area contributed by atoms with Gasteiger partial charge in [0, 0.05) is 10.9 Å². The van der Waals surface area contributed by atoms with E-state index in [-0.39, 0.29) is 11.3 Å². The van der Waals surface area contributed by atoms with Gasteiger partial charge in [-0.25, -0.2) is 4.39 Å². The van der Waals surface area contributed by atoms with Crippen LogP contribution in [0.3, 0.4) is 0 Å². The van der Waals surface area contributed by atoms with Gasteiger partial charge in [-0.3, -0.25) is 9.59 Å². The van der Waals surface area contributed by atoms with E-state index in [2.05, 4.69) is 10.4 Å². The third-order valence-corrected chi connectivity index (χ3v) is 4.74. The molecule has 0 spiro atoms. The second-order valence-corrected chi connectivity index (χ2v) is 6.66. The lowest BCUT2D eigenvalue weighted by Crippen LogP contribution is -2.31. The second-order valence-electron chi connectivity index (χ2n) is 6.66. The number of benzene rings is 3. The maximum absolute atomic E-state index is 14.1. The van der Waals surface area contributed by atoms with Gasteiger partial charge in [0.05, 0.1) is 17.1 Å². The largest absolute Gasteiger partial charge is 0.344 e. The molecule has 0 fully saturated rings. The van der Waals surface area contributed by atoms with Gasteiger partial charge >= 0.3 is 0 Å². The highest BCUT2D eigenvalue weighted by molar-refractivity contribution is 6.05. The van der Waals surface area contributed by atoms with Gasteiger partial charge in [0.2, 0.25) is 0 Å². The van der Waals surface area contributed by atoms with Gasteiger partial charge in [-0.1, -0.05) is 54.6 Å². The maximum atomic E-state index is 14.1. The van der Waals surface area contributed by atoms with Crippen LogP contribution in [-0.4, -0.2) is 15.7 Å². The van der Waals surface area contributed by atoms with Crippen LogP contribution >= 0.6 is 0 Å². The third-order valence-electron chi connectivity index (χ3n) is 4.74. The molecule has 0 unspecified atom stereocenters. The van der Waals surface area contributed by atoms with Crippen molar-refractivity contribution in [1.29, 1.82) is 0 Å². The van der Waals surface area contributed by atoms with Crippen molar-refractivity contribution in [2.24, 2.45) is 0 Å². The minimum atomic E-state index is -0.568. The minimum Gasteiger partial charge on any atom is -0.344 e. The van der Waals surface area contributed by atoms with Crippen LogP contribution in [0.25, 0.3) is 16.5 Å². The number of halogens is 1. The Bertz CT molecular complexity index is 1250. The van der Waals surface area contributed by atoms with Gasteiger partial charge < -0.3 is 5.32 Å². The molecule has 0 aliphatic carbocycles. The van der Waals surface area contributed by atoms with Crippen LogP contribution in [0.4, 0.5) is 4.39 Å². The van der Waals surface area contributed by atoms with Crippen molar-refractivity contribution < 1.29 is 9.18 Å². The van der Waals surface area contributed by atoms with E-state index in [1.54, 1.807) is 73.7 Å². The van der Waals surface area contributed by atoms with Crippen molar-refractivity contribution in [3.05, 3.63) is 106 Å². The van der Waals surface area contributed by atoms with E-state index in [4.69, 9.17) is 0 Å². The average molecular weight is 387 g/mol. The molecule has 1 aromatic heterocycles. The predicted octanol–water partition coefficient (Wildman–Crippen LogP) is 4.02. The first-order valence-corrected chi connectivity index (χ1v) is 9.19. The van der Waals surface area contributed by atoms with Crippen molar-refractivity contribution in [3.63, 3.8) is 0 Å². The van der Waals surface area contributed by atoms with E-state index < -0.39 is 17.8 Å². The molecule has 6 heteroatoms. The Morgan fingerprint density at radius 2 is 1.55 bits per heavy atom. The van der Waals surface area contributed by atoms with E-state index in [9.17, 15) is 14.0 Å². The Morgan fingerprint density at radius 1 is 0.931 bits per heavy atom. The number of nitrogens with zero attached hydrogens (tertiary/aromatic N) is 2. The summed E-state index contributed by atoms with van der Waals surface area (Å²) in [5, 5.41) is 7.96. The number of hydrogen-bond acceptors (Lipinski definition) is 3. The third kappa shape index (κ3) is 3.52. The summed E-state index contributed by atoms with van der Waals surface area (Å²) in [6, 6.07) is 21.4. The zero-order valence-corrected chi connectivity index (χ0v) is 15.7. The number of fused-ring (bicyclic) bond motifs is 1. The van der Waals surface area contributed by atoms with Gasteiger partial charge in [-0.15, -0.1) is 0 Å². The van der Waals surface area contributed by atoms with E-state index in [1.165, 1.54) is 10.7 Å². The molecule has 0 aliphatic rings. The Balaban J connectivity index is 1.81. The number of carbonyl (C=O) groups is 1. The zero-order chi connectivity index (χ0) is 20.4. The lowest BCUT2D eigenvalue weighted by molar-refractivity contribution is 0.0934. The first kappa shape index (κ1) is 18.6. The highest BCUT2D eigenvalue weighted by Crippen LogP contribution is 2.19. The SMILES string of the molecule is C[C@H](NC(=O)c1nn(-c2ccccc2)c(=O)c2ccccc12)c1ccccc1F. The first-order valence-electron chi connectivity index (χ1n) is 9.19. The summed E-state index contributed by atoms with van der Waals surface area (Å²) < 4.78 is 15.3. The molecule has 3 aromatic carbocycles. The summed E-state index contributed by atoms with van der Waals surface area (Å²) in [4.78, 5) is 25.9. The number of para-hydroxylation sites is 1. The first-order chi connectivity index (χ1) is 14.1. The topological polar surface area (TPSA) is 64.0 Å². The van der Waals surface area contributed by atoms with Crippen LogP contribution in [0.5, 0.6) is 0 Å². The molecule has 1 N–H and O–H groups in total. The summed E-state index contributed by atoms with van der Waals surface area (Å²) >= 11 is 0. The molecule has 29 heavy (non-hydrogen) atoms. The summed E-state index contributed by atoms with van der Waals surface area (Å²) in [6.45, 7) is 1.70. The second kappa shape index (κ2) is 7.67. The maximum Gasteiger partial charge on any atom is 0.279 e. The molecule has 0 bridgehead atoms. The number of hydrogen-bond donors (Lipinski definition) is 1. The molecular formula is C23H18FN3O2. The molecule has 1 amide bonds. The van der Waals surface area contributed by atoms with Gasteiger partial charge in [-0.2, -0.15) is 9.78 Å². The normalized spacial score (nSPS) is 11.9. The van der Waals surface area contributed by atoms with Crippen LogP contribution in [0, 0.1) is 5.82 Å². The fraction of sp³-hybridized carbons (Fsp3) is 0.0870. The fourth-order valence-electron chi connectivity index (χ4n) is 3.27. The molecule has 4 rings (SSSR count). The summed E-state index contributed by atoms with van der Waals surface area (Å²) in [5.41, 5.74) is 0.721. The molecule has 0 saturated heterocycles. The molecule has 0 radical (unpaired) electrons. The highest BCUT2D eigenvalue weighted by atomic mass is 19.1. The predicted molar refractivity (Wildman–Crippen MR) is 110 cm³/mol. The van der Waals surface area contributed by atoms with Crippen LogP contribution in [0.1, 0.15) is 29.0 Å². The Kier molecular flexibility index (Phi) is 4.91. The zero-order valence-electron chi connectivity index (χ0n) is 15.7. The van der Waals surface area contributed by atoms with Gasteiger partial charge in [0.25, 0.3) is 11.5 Å². The van der Waals surface area contributed by atoms with E-state index in [0.717, 1.165) is 0 Å². The van der Waals surface area contributed by atoms with Crippen molar-refractivity contribution in [2.45, 2.75) is 13.0 Å². The minimum absolute atomic E-state index is 0.104. The van der Waals surface area contributed by atoms with E-state index in [0.29, 0.717) is 22.0 Å². The number of nitrogens with one attached hydrogen (secondary N) is 1. The molecule has 5 nitrogen and oxygen atoms in total. The number of amides is 1. The molecule has 1 atom stereocenters. The van der Waals surface area contributed by atoms with Crippen molar-refractivity contribution >= 4 is 16.7 Å². The molecule has 0 saturated carbocycles. The molecule has 1 heterocycles. The van der Waals surface area contributed by atoms with Gasteiger partial charge in [0.15, 0.2) is 5.69 Å².